The molecule has 1 unspecified atom stereocenters. The molecule has 2 fully saturated rings. The van der Waals surface area contributed by atoms with Gasteiger partial charge in [-0.2, -0.15) is 0 Å². The third-order valence-electron chi connectivity index (χ3n) is 5.01. The molecule has 2 aliphatic heterocycles. The van der Waals surface area contributed by atoms with Gasteiger partial charge in [0.05, 0.1) is 6.10 Å². The molecule has 0 aromatic heterocycles. The number of rotatable bonds is 4. The van der Waals surface area contributed by atoms with Crippen molar-refractivity contribution in [2.75, 3.05) is 6.61 Å². The Morgan fingerprint density at radius 2 is 2.30 bits per heavy atom. The molecule has 1 aromatic rings. The summed E-state index contributed by atoms with van der Waals surface area (Å²) >= 11 is 1.52. The maximum Gasteiger partial charge on any atom is 0.526 e. The lowest BCUT2D eigenvalue weighted by atomic mass is 9.77. The molecule has 1 aromatic carbocycles. The van der Waals surface area contributed by atoms with E-state index < -0.39 is 13.1 Å². The molecule has 4 atom stereocenters. The zero-order valence-electron chi connectivity index (χ0n) is 12.9. The largest absolute Gasteiger partial charge is 0.535 e. The molecular weight excluding hydrogens is 315 g/mol. The van der Waals surface area contributed by atoms with Crippen molar-refractivity contribution in [1.82, 2.24) is 0 Å². The molecule has 1 saturated carbocycles. The highest BCUT2D eigenvalue weighted by Gasteiger charge is 2.54. The van der Waals surface area contributed by atoms with Crippen LogP contribution in [0.15, 0.2) is 17.0 Å². The first-order chi connectivity index (χ1) is 11.1. The number of fused-ring (bicyclic) bond motifs is 3. The fourth-order valence-corrected chi connectivity index (χ4v) is 4.86. The van der Waals surface area contributed by atoms with Crippen molar-refractivity contribution in [3.8, 4) is 5.75 Å². The summed E-state index contributed by atoms with van der Waals surface area (Å²) in [5, 5.41) is 19.8. The van der Waals surface area contributed by atoms with Gasteiger partial charge in [-0.25, -0.2) is 4.79 Å². The van der Waals surface area contributed by atoms with Crippen LogP contribution in [0.3, 0.4) is 0 Å². The topological polar surface area (TPSA) is 76.0 Å². The Labute approximate surface area is 139 Å². The minimum Gasteiger partial charge on any atom is -0.535 e. The molecular formula is C16H19BO5S. The van der Waals surface area contributed by atoms with Gasteiger partial charge in [0.2, 0.25) is 0 Å². The first-order valence-electron chi connectivity index (χ1n) is 8.09. The van der Waals surface area contributed by atoms with Crippen LogP contribution >= 0.6 is 11.8 Å². The summed E-state index contributed by atoms with van der Waals surface area (Å²) in [5.74, 6) is -0.293. The third kappa shape index (κ3) is 2.64. The molecule has 3 aliphatic rings. The van der Waals surface area contributed by atoms with E-state index in [1.54, 1.807) is 0 Å². The van der Waals surface area contributed by atoms with Gasteiger partial charge in [-0.1, -0.05) is 13.0 Å². The highest BCUT2D eigenvalue weighted by atomic mass is 32.2. The number of carboxylic acids is 1. The second-order valence-corrected chi connectivity index (χ2v) is 7.97. The van der Waals surface area contributed by atoms with Crippen LogP contribution in [0.2, 0.25) is 5.82 Å². The van der Waals surface area contributed by atoms with Gasteiger partial charge >= 0.3 is 13.1 Å². The van der Waals surface area contributed by atoms with Crippen molar-refractivity contribution in [2.24, 2.45) is 0 Å². The standard InChI is InChI=1S/C16H19BO5S/c1-8(12-3-2-6-21-12)23-13-5-4-9-10-7-11(10)17(20)22-15(9)14(13)16(18)19/h4-5,8,10-12,20H,2-3,6-7H2,1H3,(H,18,19)/t8-,10?,11+,12+/m1/s1. The lowest BCUT2D eigenvalue weighted by Crippen LogP contribution is -2.27. The minimum atomic E-state index is -1.00. The fourth-order valence-electron chi connectivity index (χ4n) is 3.64. The average molecular weight is 334 g/mol. The number of hydrogen-bond donors (Lipinski definition) is 2. The van der Waals surface area contributed by atoms with Crippen molar-refractivity contribution < 1.29 is 24.3 Å². The summed E-state index contributed by atoms with van der Waals surface area (Å²) in [6.07, 6.45) is 3.10. The van der Waals surface area contributed by atoms with E-state index in [1.165, 1.54) is 11.8 Å². The first-order valence-corrected chi connectivity index (χ1v) is 8.97. The van der Waals surface area contributed by atoms with Crippen LogP contribution in [0.25, 0.3) is 0 Å². The molecule has 122 valence electrons. The highest BCUT2D eigenvalue weighted by molar-refractivity contribution is 8.00. The molecule has 0 radical (unpaired) electrons. The van der Waals surface area contributed by atoms with Crippen LogP contribution in [0.5, 0.6) is 5.75 Å². The number of benzene rings is 1. The molecule has 5 nitrogen and oxygen atoms in total. The van der Waals surface area contributed by atoms with Crippen molar-refractivity contribution in [3.63, 3.8) is 0 Å². The number of hydrogen-bond acceptors (Lipinski definition) is 5. The molecule has 0 amide bonds. The van der Waals surface area contributed by atoms with E-state index in [0.29, 0.717) is 10.6 Å². The van der Waals surface area contributed by atoms with Crippen molar-refractivity contribution in [2.45, 2.75) is 54.2 Å². The van der Waals surface area contributed by atoms with Gasteiger partial charge in [0, 0.05) is 22.6 Å². The summed E-state index contributed by atoms with van der Waals surface area (Å²) in [6, 6.07) is 3.84. The number of ether oxygens (including phenoxy) is 1. The second-order valence-electron chi connectivity index (χ2n) is 6.55. The normalized spacial score (nSPS) is 29.5. The first kappa shape index (κ1) is 15.4. The van der Waals surface area contributed by atoms with Crippen LogP contribution in [-0.2, 0) is 4.74 Å². The molecule has 2 N–H and O–H groups in total. The number of carbonyl (C=O) groups is 1. The van der Waals surface area contributed by atoms with E-state index in [0.717, 1.165) is 31.4 Å². The van der Waals surface area contributed by atoms with Crippen LogP contribution in [-0.4, -0.2) is 41.2 Å². The van der Waals surface area contributed by atoms with Gasteiger partial charge in [-0.3, -0.25) is 0 Å². The zero-order chi connectivity index (χ0) is 16.1. The van der Waals surface area contributed by atoms with E-state index in [1.807, 2.05) is 12.1 Å². The Hall–Kier alpha value is -1.18. The van der Waals surface area contributed by atoms with E-state index in [4.69, 9.17) is 9.39 Å². The van der Waals surface area contributed by atoms with Crippen molar-refractivity contribution >= 4 is 24.8 Å². The smallest absolute Gasteiger partial charge is 0.526 e. The summed E-state index contributed by atoms with van der Waals surface area (Å²) in [7, 11) is -0.888. The lowest BCUT2D eigenvalue weighted by Gasteiger charge is -2.24. The van der Waals surface area contributed by atoms with E-state index in [2.05, 4.69) is 6.92 Å². The molecule has 1 aliphatic carbocycles. The molecule has 2 heterocycles. The third-order valence-corrected chi connectivity index (χ3v) is 6.28. The van der Waals surface area contributed by atoms with E-state index in [-0.39, 0.29) is 28.7 Å². The predicted octanol–water partition coefficient (Wildman–Crippen LogP) is 2.77. The van der Waals surface area contributed by atoms with Gasteiger partial charge in [-0.05, 0) is 36.8 Å². The predicted molar refractivity (Wildman–Crippen MR) is 87.4 cm³/mol. The maximum absolute atomic E-state index is 11.8. The molecule has 1 saturated heterocycles. The van der Waals surface area contributed by atoms with Crippen LogP contribution in [0, 0.1) is 0 Å². The number of carboxylic acid groups (broad SMARTS) is 1. The molecule has 4 rings (SSSR count). The second kappa shape index (κ2) is 5.72. The maximum atomic E-state index is 11.8. The monoisotopic (exact) mass is 334 g/mol. The van der Waals surface area contributed by atoms with Crippen LogP contribution in [0.1, 0.15) is 48.0 Å². The van der Waals surface area contributed by atoms with Gasteiger partial charge in [0.15, 0.2) is 0 Å². The van der Waals surface area contributed by atoms with Gasteiger partial charge in [-0.15, -0.1) is 11.8 Å². The minimum absolute atomic E-state index is 0.119. The van der Waals surface area contributed by atoms with Gasteiger partial charge in [0.1, 0.15) is 11.3 Å². The molecule has 7 heteroatoms. The van der Waals surface area contributed by atoms with Gasteiger partial charge in [0.25, 0.3) is 0 Å². The van der Waals surface area contributed by atoms with Gasteiger partial charge < -0.3 is 19.5 Å². The SMILES string of the molecule is C[C@@H](Sc1ccc2c(c1C(=O)O)OB(O)[C@H]1CC21)[C@@H]1CCCO1. The van der Waals surface area contributed by atoms with Crippen molar-refractivity contribution in [3.05, 3.63) is 23.3 Å². The van der Waals surface area contributed by atoms with E-state index >= 15 is 0 Å². The zero-order valence-corrected chi connectivity index (χ0v) is 13.7. The van der Waals surface area contributed by atoms with E-state index in [9.17, 15) is 14.9 Å². The Morgan fingerprint density at radius 3 is 3.00 bits per heavy atom. The Kier molecular flexibility index (Phi) is 3.82. The summed E-state index contributed by atoms with van der Waals surface area (Å²) in [5.41, 5.74) is 1.11. The quantitative estimate of drug-likeness (QED) is 0.651. The Bertz CT molecular complexity index is 646. The summed E-state index contributed by atoms with van der Waals surface area (Å²) in [4.78, 5) is 12.5. The molecule has 23 heavy (non-hydrogen) atoms. The molecule has 0 bridgehead atoms. The highest BCUT2D eigenvalue weighted by Crippen LogP contribution is 2.60. The summed E-state index contributed by atoms with van der Waals surface area (Å²) < 4.78 is 11.3. The fraction of sp³-hybridized carbons (Fsp3) is 0.562. The Balaban J connectivity index is 1.67. The van der Waals surface area contributed by atoms with Crippen molar-refractivity contribution in [1.29, 1.82) is 0 Å². The number of aromatic carboxylic acids is 1. The lowest BCUT2D eigenvalue weighted by molar-refractivity contribution is 0.0690. The van der Waals surface area contributed by atoms with Crippen LogP contribution < -0.4 is 4.65 Å². The Morgan fingerprint density at radius 1 is 1.48 bits per heavy atom. The summed E-state index contributed by atoms with van der Waals surface area (Å²) in [6.45, 7) is 2.85. The molecule has 0 spiro atoms. The number of thioether (sulfide) groups is 1. The van der Waals surface area contributed by atoms with Crippen LogP contribution in [0.4, 0.5) is 0 Å². The average Bonchev–Trinajstić information content (AvgIpc) is 3.13.